The van der Waals surface area contributed by atoms with Crippen LogP contribution in [0.2, 0.25) is 0 Å². The Balaban J connectivity index is 1.61. The number of aromatic nitrogens is 2. The van der Waals surface area contributed by atoms with Crippen molar-refractivity contribution >= 4 is 20.2 Å². The summed E-state index contributed by atoms with van der Waals surface area (Å²) in [5, 5.41) is 0. The van der Waals surface area contributed by atoms with Crippen LogP contribution in [0.5, 0.6) is 0 Å². The fraction of sp³-hybridized carbons (Fsp3) is 0.304. The van der Waals surface area contributed by atoms with Crippen molar-refractivity contribution in [1.82, 2.24) is 9.55 Å². The predicted molar refractivity (Wildman–Crippen MR) is 127 cm³/mol. The largest absolute Gasteiger partial charge is 0.349 e. The number of benzene rings is 2. The summed E-state index contributed by atoms with van der Waals surface area (Å²) in [7, 11) is -8.59. The van der Waals surface area contributed by atoms with Crippen molar-refractivity contribution in [1.29, 1.82) is 0 Å². The smallest absolute Gasteiger partial charge is 0.330 e. The fourth-order valence-electron chi connectivity index (χ4n) is 3.65. The third-order valence-electron chi connectivity index (χ3n) is 5.67. The number of nitrogens with zero attached hydrogens (tertiary/aromatic N) is 1. The van der Waals surface area contributed by atoms with Gasteiger partial charge in [0.15, 0.2) is 0 Å². The molecule has 1 aromatic heterocycles. The highest BCUT2D eigenvalue weighted by Crippen LogP contribution is 2.33. The van der Waals surface area contributed by atoms with Crippen molar-refractivity contribution in [3.63, 3.8) is 0 Å². The molecule has 2 aromatic carbocycles. The van der Waals surface area contributed by atoms with Gasteiger partial charge in [0.1, 0.15) is 18.4 Å². The monoisotopic (exact) mass is 554 g/mol. The molecule has 14 heteroatoms. The number of ether oxygens (including phenoxy) is 1. The third-order valence-corrected chi connectivity index (χ3v) is 8.32. The molecule has 1 fully saturated rings. The van der Waals surface area contributed by atoms with Gasteiger partial charge in [0.2, 0.25) is 5.82 Å². The van der Waals surface area contributed by atoms with Crippen LogP contribution < -0.4 is 11.2 Å². The van der Waals surface area contributed by atoms with E-state index < -0.39 is 62.3 Å². The molecule has 1 unspecified atom stereocenters. The third kappa shape index (κ3) is 6.05. The van der Waals surface area contributed by atoms with Gasteiger partial charge in [-0.05, 0) is 38.1 Å². The van der Waals surface area contributed by atoms with E-state index in [9.17, 15) is 30.8 Å². The highest BCUT2D eigenvalue weighted by atomic mass is 32.2. The summed E-state index contributed by atoms with van der Waals surface area (Å²) < 4.78 is 81.8. The zero-order valence-corrected chi connectivity index (χ0v) is 21.3. The van der Waals surface area contributed by atoms with Gasteiger partial charge in [-0.3, -0.25) is 22.7 Å². The number of rotatable bonds is 8. The van der Waals surface area contributed by atoms with E-state index >= 15 is 0 Å². The van der Waals surface area contributed by atoms with Gasteiger partial charge in [-0.15, -0.1) is 0 Å². The summed E-state index contributed by atoms with van der Waals surface area (Å²) in [4.78, 5) is 25.1. The van der Waals surface area contributed by atoms with E-state index in [2.05, 4.69) is 0 Å². The second-order valence-electron chi connectivity index (χ2n) is 8.46. The average molecular weight is 555 g/mol. The molecule has 1 saturated heterocycles. The summed E-state index contributed by atoms with van der Waals surface area (Å²) in [6.45, 7) is 2.89. The van der Waals surface area contributed by atoms with Crippen LogP contribution in [-0.4, -0.2) is 45.2 Å². The summed E-state index contributed by atoms with van der Waals surface area (Å²) in [5.74, 6) is -1.27. The Morgan fingerprint density at radius 1 is 0.946 bits per heavy atom. The molecule has 3 atom stereocenters. The summed E-state index contributed by atoms with van der Waals surface area (Å²) in [6.07, 6.45) is -3.58. The first-order chi connectivity index (χ1) is 17.4. The van der Waals surface area contributed by atoms with Crippen molar-refractivity contribution in [3.8, 4) is 0 Å². The van der Waals surface area contributed by atoms with Crippen molar-refractivity contribution in [3.05, 3.63) is 92.5 Å². The van der Waals surface area contributed by atoms with E-state index in [1.54, 1.807) is 43.1 Å². The SMILES string of the molecule is Cc1ccc(S(=O)(=O)OC[C@H]2O[C@@H](n3cc(F)c(=O)[nH]c3=O)CC2OS(=O)(=O)c2ccc(C)cc2)cc1. The van der Waals surface area contributed by atoms with Crippen LogP contribution in [0.1, 0.15) is 23.8 Å². The highest BCUT2D eigenvalue weighted by molar-refractivity contribution is 7.87. The number of halogens is 1. The van der Waals surface area contributed by atoms with Crippen LogP contribution in [0.15, 0.2) is 74.1 Å². The lowest BCUT2D eigenvalue weighted by atomic mass is 10.2. The maximum Gasteiger partial charge on any atom is 0.330 e. The number of nitrogens with one attached hydrogen (secondary N) is 1. The van der Waals surface area contributed by atoms with Gasteiger partial charge < -0.3 is 4.74 Å². The lowest BCUT2D eigenvalue weighted by Crippen LogP contribution is -2.34. The normalized spacial score (nSPS) is 20.2. The van der Waals surface area contributed by atoms with Crippen molar-refractivity contribution in [2.24, 2.45) is 0 Å². The minimum absolute atomic E-state index is 0.128. The van der Waals surface area contributed by atoms with E-state index in [1.165, 1.54) is 24.3 Å². The minimum atomic E-state index is -4.34. The molecule has 4 rings (SSSR count). The van der Waals surface area contributed by atoms with Gasteiger partial charge in [-0.2, -0.15) is 21.2 Å². The zero-order chi connectivity index (χ0) is 27.0. The Bertz CT molecular complexity index is 1610. The molecule has 3 aromatic rings. The van der Waals surface area contributed by atoms with Crippen LogP contribution in [0.25, 0.3) is 0 Å². The lowest BCUT2D eigenvalue weighted by Gasteiger charge is -2.18. The Kier molecular flexibility index (Phi) is 7.48. The van der Waals surface area contributed by atoms with E-state index in [-0.39, 0.29) is 16.2 Å². The van der Waals surface area contributed by atoms with Crippen LogP contribution in [0, 0.1) is 19.7 Å². The Morgan fingerprint density at radius 2 is 1.49 bits per heavy atom. The van der Waals surface area contributed by atoms with Crippen LogP contribution in [0.3, 0.4) is 0 Å². The van der Waals surface area contributed by atoms with Crippen molar-refractivity contribution in [2.45, 2.75) is 48.5 Å². The van der Waals surface area contributed by atoms with Crippen LogP contribution in [0.4, 0.5) is 4.39 Å². The van der Waals surface area contributed by atoms with Crippen LogP contribution in [-0.2, 0) is 33.3 Å². The molecule has 1 N–H and O–H groups in total. The average Bonchev–Trinajstić information content (AvgIpc) is 3.22. The quantitative estimate of drug-likeness (QED) is 0.411. The molecule has 1 aliphatic rings. The molecule has 0 saturated carbocycles. The lowest BCUT2D eigenvalue weighted by molar-refractivity contribution is -0.0358. The number of aromatic amines is 1. The standard InChI is InChI=1S/C23H23FN2O9S2/c1-14-3-7-16(8-4-14)36(29,30)33-13-20-19(35-37(31,32)17-9-5-15(2)6-10-17)11-21(34-20)26-12-18(24)22(27)25-23(26)28/h3-10,12,19-21H,11,13H2,1-2H3,(H,25,27,28)/t19?,20-,21-/m1/s1. The molecule has 1 aliphatic heterocycles. The fourth-order valence-corrected chi connectivity index (χ4v) is 5.68. The molecule has 198 valence electrons. The first-order valence-electron chi connectivity index (χ1n) is 11.0. The zero-order valence-electron chi connectivity index (χ0n) is 19.7. The molecular formula is C23H23FN2O9S2. The van der Waals surface area contributed by atoms with E-state index in [1.807, 2.05) is 0 Å². The Hall–Kier alpha value is -3.17. The molecule has 0 bridgehead atoms. The van der Waals surface area contributed by atoms with Gasteiger partial charge in [0.05, 0.1) is 22.6 Å². The van der Waals surface area contributed by atoms with Gasteiger partial charge in [0, 0.05) is 6.42 Å². The number of aryl methyl sites for hydroxylation is 2. The first-order valence-corrected chi connectivity index (χ1v) is 13.8. The van der Waals surface area contributed by atoms with Gasteiger partial charge >= 0.3 is 5.69 Å². The van der Waals surface area contributed by atoms with E-state index in [0.717, 1.165) is 15.7 Å². The number of hydrogen-bond acceptors (Lipinski definition) is 9. The maximum atomic E-state index is 13.9. The molecular weight excluding hydrogens is 531 g/mol. The molecule has 0 amide bonds. The predicted octanol–water partition coefficient (Wildman–Crippen LogP) is 1.76. The number of H-pyrrole nitrogens is 1. The molecule has 0 spiro atoms. The molecule has 2 heterocycles. The second kappa shape index (κ2) is 10.3. The first kappa shape index (κ1) is 26.9. The van der Waals surface area contributed by atoms with Gasteiger partial charge in [-0.25, -0.2) is 4.79 Å². The topological polar surface area (TPSA) is 151 Å². The Labute approximate surface area is 211 Å². The Morgan fingerprint density at radius 3 is 2.05 bits per heavy atom. The summed E-state index contributed by atoms with van der Waals surface area (Å²) in [6, 6.07) is 11.7. The van der Waals surface area contributed by atoms with Crippen LogP contribution >= 0.6 is 0 Å². The van der Waals surface area contributed by atoms with E-state index in [4.69, 9.17) is 13.1 Å². The van der Waals surface area contributed by atoms with E-state index in [0.29, 0.717) is 6.20 Å². The molecule has 0 radical (unpaired) electrons. The maximum absolute atomic E-state index is 13.9. The molecule has 11 nitrogen and oxygen atoms in total. The minimum Gasteiger partial charge on any atom is -0.349 e. The summed E-state index contributed by atoms with van der Waals surface area (Å²) in [5.41, 5.74) is -0.604. The second-order valence-corrected chi connectivity index (χ2v) is 11.6. The highest BCUT2D eigenvalue weighted by Gasteiger charge is 2.42. The molecule has 37 heavy (non-hydrogen) atoms. The summed E-state index contributed by atoms with van der Waals surface area (Å²) >= 11 is 0. The van der Waals surface area contributed by atoms with Gasteiger partial charge in [-0.1, -0.05) is 35.4 Å². The van der Waals surface area contributed by atoms with Crippen molar-refractivity contribution < 1.29 is 34.3 Å². The number of hydrogen-bond donors (Lipinski definition) is 1. The van der Waals surface area contributed by atoms with Gasteiger partial charge in [0.25, 0.3) is 25.8 Å². The van der Waals surface area contributed by atoms with Crippen molar-refractivity contribution in [2.75, 3.05) is 6.61 Å². The molecule has 0 aliphatic carbocycles.